The number of methoxy groups -OCH3 is 1. The van der Waals surface area contributed by atoms with Crippen LogP contribution in [0.4, 0.5) is 0 Å². The van der Waals surface area contributed by atoms with Gasteiger partial charge in [0.2, 0.25) is 5.91 Å². The highest BCUT2D eigenvalue weighted by atomic mass is 16.5. The summed E-state index contributed by atoms with van der Waals surface area (Å²) in [6.45, 7) is 4.45. The number of piperidine rings is 1. The number of fused-ring (bicyclic) bond motifs is 6. The molecule has 4 aromatic rings. The molecule has 2 aliphatic heterocycles. The van der Waals surface area contributed by atoms with Crippen molar-refractivity contribution in [2.75, 3.05) is 39.9 Å². The number of benzene rings is 2. The van der Waals surface area contributed by atoms with Gasteiger partial charge in [0.25, 0.3) is 11.8 Å². The molecule has 2 atom stereocenters. The SMILES string of the molecule is COc1ccc2cc1Oc1cccc(c1)CO[C@H]1CCN(C(=O)c3c(C)nc4ccc(C)cn34)C[C@@H]1NC(=O)CN(CCCO)C2=O. The first-order chi connectivity index (χ1) is 22.7. The van der Waals surface area contributed by atoms with Crippen LogP contribution in [0.2, 0.25) is 0 Å². The van der Waals surface area contributed by atoms with Gasteiger partial charge in [-0.25, -0.2) is 4.98 Å². The number of carbonyl (C=O) groups is 3. The third-order valence-electron chi connectivity index (χ3n) is 8.54. The van der Waals surface area contributed by atoms with Crippen LogP contribution in [0.3, 0.4) is 0 Å². The van der Waals surface area contributed by atoms with E-state index in [0.717, 1.165) is 11.1 Å². The number of hydrogen-bond donors (Lipinski definition) is 2. The van der Waals surface area contributed by atoms with Crippen molar-refractivity contribution in [1.82, 2.24) is 24.5 Å². The molecule has 2 aromatic heterocycles. The molecule has 246 valence electrons. The van der Waals surface area contributed by atoms with Gasteiger partial charge in [-0.3, -0.25) is 18.8 Å². The van der Waals surface area contributed by atoms with Gasteiger partial charge in [-0.15, -0.1) is 0 Å². The Morgan fingerprint density at radius 3 is 2.79 bits per heavy atom. The molecule has 1 fully saturated rings. The fourth-order valence-corrected chi connectivity index (χ4v) is 6.17. The molecule has 1 saturated heterocycles. The monoisotopic (exact) mass is 641 g/mol. The number of amides is 3. The molecule has 12 heteroatoms. The van der Waals surface area contributed by atoms with Crippen molar-refractivity contribution in [3.63, 3.8) is 0 Å². The van der Waals surface area contributed by atoms with E-state index < -0.39 is 24.0 Å². The number of aliphatic hydroxyl groups excluding tert-OH is 1. The Morgan fingerprint density at radius 2 is 1.98 bits per heavy atom. The number of hydrogen-bond acceptors (Lipinski definition) is 8. The summed E-state index contributed by atoms with van der Waals surface area (Å²) in [7, 11) is 1.52. The smallest absolute Gasteiger partial charge is 0.272 e. The van der Waals surface area contributed by atoms with E-state index in [-0.39, 0.29) is 38.8 Å². The summed E-state index contributed by atoms with van der Waals surface area (Å²) < 4.78 is 19.9. The normalized spacial score (nSPS) is 18.8. The quantitative estimate of drug-likeness (QED) is 0.338. The van der Waals surface area contributed by atoms with Gasteiger partial charge in [0.15, 0.2) is 11.5 Å². The number of aliphatic hydroxyl groups is 1. The van der Waals surface area contributed by atoms with Crippen LogP contribution in [0.1, 0.15) is 50.5 Å². The van der Waals surface area contributed by atoms with E-state index in [2.05, 4.69) is 10.3 Å². The van der Waals surface area contributed by atoms with Gasteiger partial charge in [-0.2, -0.15) is 0 Å². The summed E-state index contributed by atoms with van der Waals surface area (Å²) in [5.41, 5.74) is 3.97. The number of carbonyl (C=O) groups excluding carboxylic acids is 3. The molecule has 6 rings (SSSR count). The zero-order valence-corrected chi connectivity index (χ0v) is 26.8. The second-order valence-electron chi connectivity index (χ2n) is 12.0. The fourth-order valence-electron chi connectivity index (χ4n) is 6.17. The van der Waals surface area contributed by atoms with Crippen molar-refractivity contribution in [1.29, 1.82) is 0 Å². The lowest BCUT2D eigenvalue weighted by atomic mass is 10.0. The summed E-state index contributed by atoms with van der Waals surface area (Å²) in [5.74, 6) is 0.367. The fraction of sp³-hybridized carbons (Fsp3) is 0.371. The number of ether oxygens (including phenoxy) is 3. The first-order valence-corrected chi connectivity index (χ1v) is 15.7. The van der Waals surface area contributed by atoms with Gasteiger partial charge in [0.05, 0.1) is 38.1 Å². The third-order valence-corrected chi connectivity index (χ3v) is 8.54. The molecule has 0 aliphatic carbocycles. The summed E-state index contributed by atoms with van der Waals surface area (Å²) >= 11 is 0. The molecule has 4 heterocycles. The van der Waals surface area contributed by atoms with Crippen LogP contribution in [0.25, 0.3) is 5.65 Å². The van der Waals surface area contributed by atoms with Gasteiger partial charge >= 0.3 is 0 Å². The lowest BCUT2D eigenvalue weighted by Gasteiger charge is -2.39. The minimum absolute atomic E-state index is 0.142. The Kier molecular flexibility index (Phi) is 9.41. The molecule has 2 N–H and O–H groups in total. The number of aryl methyl sites for hydroxylation is 2. The molecule has 2 aliphatic rings. The Balaban J connectivity index is 1.31. The van der Waals surface area contributed by atoms with E-state index in [1.54, 1.807) is 23.1 Å². The van der Waals surface area contributed by atoms with Crippen LogP contribution in [-0.4, -0.2) is 94.1 Å². The number of aromatic nitrogens is 2. The Hall–Kier alpha value is -4.94. The molecule has 0 saturated carbocycles. The lowest BCUT2D eigenvalue weighted by molar-refractivity contribution is -0.125. The number of likely N-dealkylation sites (tertiary alicyclic amines) is 1. The lowest BCUT2D eigenvalue weighted by Crippen LogP contribution is -2.58. The molecule has 47 heavy (non-hydrogen) atoms. The number of imidazole rings is 1. The average Bonchev–Trinajstić information content (AvgIpc) is 3.39. The number of pyridine rings is 1. The topological polar surface area (TPSA) is 135 Å². The molecular formula is C35H39N5O7. The standard InChI is InChI=1S/C35H39N5O7/c1-22-8-11-31-36-23(2)33(40(31)18-22)35(44)39-14-12-28-27(19-39)37-32(42)20-38(13-5-15-41)34(43)25-9-10-29(45-3)30(17-25)47-26-7-4-6-24(16-26)21-46-28/h4,6-11,16-18,27-28,41H,5,12-15,19-21H2,1-3H3,(H,37,42)/t27-,28-/m0/s1. The Morgan fingerprint density at radius 1 is 1.13 bits per heavy atom. The zero-order valence-electron chi connectivity index (χ0n) is 26.8. The Bertz CT molecular complexity index is 1800. The van der Waals surface area contributed by atoms with Crippen molar-refractivity contribution in [2.45, 2.75) is 45.4 Å². The van der Waals surface area contributed by atoms with Crippen molar-refractivity contribution in [3.05, 3.63) is 88.9 Å². The van der Waals surface area contributed by atoms with Crippen molar-refractivity contribution in [2.24, 2.45) is 0 Å². The summed E-state index contributed by atoms with van der Waals surface area (Å²) in [6, 6.07) is 15.6. The molecule has 0 radical (unpaired) electrons. The van der Waals surface area contributed by atoms with Crippen LogP contribution < -0.4 is 14.8 Å². The van der Waals surface area contributed by atoms with Crippen LogP contribution in [0, 0.1) is 13.8 Å². The molecule has 12 nitrogen and oxygen atoms in total. The van der Waals surface area contributed by atoms with Gasteiger partial charge in [0.1, 0.15) is 17.1 Å². The minimum Gasteiger partial charge on any atom is -0.493 e. The van der Waals surface area contributed by atoms with Crippen LogP contribution in [0.5, 0.6) is 17.2 Å². The molecular weight excluding hydrogens is 602 g/mol. The molecule has 0 unspecified atom stereocenters. The van der Waals surface area contributed by atoms with E-state index in [1.807, 2.05) is 60.8 Å². The summed E-state index contributed by atoms with van der Waals surface area (Å²) in [6.07, 6.45) is 2.27. The predicted molar refractivity (Wildman–Crippen MR) is 173 cm³/mol. The van der Waals surface area contributed by atoms with Gasteiger partial charge in [0, 0.05) is 38.0 Å². The number of nitrogens with zero attached hydrogens (tertiary/aromatic N) is 4. The average molecular weight is 642 g/mol. The highest BCUT2D eigenvalue weighted by Crippen LogP contribution is 2.33. The maximum absolute atomic E-state index is 14.0. The van der Waals surface area contributed by atoms with Crippen LogP contribution in [0.15, 0.2) is 60.8 Å². The van der Waals surface area contributed by atoms with E-state index in [9.17, 15) is 19.5 Å². The van der Waals surface area contributed by atoms with Crippen molar-refractivity contribution in [3.8, 4) is 17.2 Å². The van der Waals surface area contributed by atoms with Gasteiger partial charge in [-0.05, 0) is 74.2 Å². The molecule has 3 amide bonds. The van der Waals surface area contributed by atoms with Crippen LogP contribution in [-0.2, 0) is 16.1 Å². The number of rotatable bonds is 5. The predicted octanol–water partition coefficient (Wildman–Crippen LogP) is 3.51. The molecule has 4 bridgehead atoms. The van der Waals surface area contributed by atoms with E-state index >= 15 is 0 Å². The molecule has 2 aromatic carbocycles. The zero-order chi connectivity index (χ0) is 33.1. The van der Waals surface area contributed by atoms with Gasteiger partial charge in [-0.1, -0.05) is 18.2 Å². The van der Waals surface area contributed by atoms with E-state index in [0.29, 0.717) is 59.2 Å². The number of nitrogens with one attached hydrogen (secondary N) is 1. The first-order valence-electron chi connectivity index (χ1n) is 15.7. The highest BCUT2D eigenvalue weighted by molar-refractivity contribution is 5.97. The second-order valence-corrected chi connectivity index (χ2v) is 12.0. The first kappa shape index (κ1) is 32.0. The second kappa shape index (κ2) is 13.8. The van der Waals surface area contributed by atoms with Crippen molar-refractivity contribution >= 4 is 23.4 Å². The van der Waals surface area contributed by atoms with Crippen LogP contribution >= 0.6 is 0 Å². The molecule has 0 spiro atoms. The largest absolute Gasteiger partial charge is 0.493 e. The summed E-state index contributed by atoms with van der Waals surface area (Å²) in [4.78, 5) is 49.0. The highest BCUT2D eigenvalue weighted by Gasteiger charge is 2.36. The summed E-state index contributed by atoms with van der Waals surface area (Å²) in [5, 5.41) is 12.6. The Labute approximate surface area is 272 Å². The third kappa shape index (κ3) is 6.93. The van der Waals surface area contributed by atoms with Gasteiger partial charge < -0.3 is 34.4 Å². The van der Waals surface area contributed by atoms with E-state index in [1.165, 1.54) is 12.0 Å². The maximum Gasteiger partial charge on any atom is 0.272 e. The maximum atomic E-state index is 14.0. The van der Waals surface area contributed by atoms with Crippen molar-refractivity contribution < 1.29 is 33.7 Å². The minimum atomic E-state index is -0.545. The van der Waals surface area contributed by atoms with E-state index in [4.69, 9.17) is 14.2 Å².